The first-order valence-electron chi connectivity index (χ1n) is 3.62. The van der Waals surface area contributed by atoms with Gasteiger partial charge in [-0.25, -0.2) is 0 Å². The maximum Gasteiger partial charge on any atom is 0.247 e. The van der Waals surface area contributed by atoms with Gasteiger partial charge in [-0.05, 0) is 0 Å². The number of hydrogen-bond donors (Lipinski definition) is 5. The molecule has 1 aromatic carbocycles. The van der Waals surface area contributed by atoms with Crippen LogP contribution in [-0.2, 0) is 10.4 Å². The van der Waals surface area contributed by atoms with E-state index in [1.165, 1.54) is 0 Å². The number of phenolic OH excluding ortho intramolecular Hbond substituents is 3. The van der Waals surface area contributed by atoms with Crippen molar-refractivity contribution in [1.29, 1.82) is 0 Å². The Hall–Kier alpha value is -1.67. The van der Waals surface area contributed by atoms with Crippen LogP contribution < -0.4 is 11.5 Å². The minimum Gasteiger partial charge on any atom is -0.759 e. The zero-order valence-corrected chi connectivity index (χ0v) is 9.69. The van der Waals surface area contributed by atoms with Gasteiger partial charge in [0.2, 0.25) is 17.1 Å². The minimum absolute atomic E-state index is 0. The summed E-state index contributed by atoms with van der Waals surface area (Å²) in [6.45, 7) is 0. The second-order valence-electron chi connectivity index (χ2n) is 2.63. The quantitative estimate of drug-likeness (QED) is 0.231. The van der Waals surface area contributed by atoms with Gasteiger partial charge >= 0.3 is 0 Å². The van der Waals surface area contributed by atoms with E-state index in [4.69, 9.17) is 32.8 Å². The van der Waals surface area contributed by atoms with Gasteiger partial charge in [0.1, 0.15) is 0 Å². The van der Waals surface area contributed by atoms with Crippen LogP contribution in [0.3, 0.4) is 0 Å². The molecule has 0 fully saturated rings. The fraction of sp³-hybridized carbons (Fsp3) is 0. The minimum atomic E-state index is -5.17. The van der Waals surface area contributed by atoms with Crippen molar-refractivity contribution in [2.45, 2.75) is 0 Å². The van der Waals surface area contributed by atoms with Crippen LogP contribution in [0.15, 0.2) is 6.07 Å². The van der Waals surface area contributed by atoms with E-state index in [9.17, 15) is 0 Å². The molecule has 0 aromatic heterocycles. The highest BCUT2D eigenvalue weighted by Crippen LogP contribution is 2.39. The molecule has 0 amide bonds. The number of rotatable bonds is 0. The third-order valence-corrected chi connectivity index (χ3v) is 1.46. The summed E-state index contributed by atoms with van der Waals surface area (Å²) in [6.07, 6.45) is 0. The molecule has 11 nitrogen and oxygen atoms in total. The average molecular weight is 290 g/mol. The lowest BCUT2D eigenvalue weighted by Crippen LogP contribution is -2.44. The molecule has 1 rings (SSSR count). The van der Waals surface area contributed by atoms with Crippen molar-refractivity contribution in [2.75, 3.05) is 0 Å². The molecule has 0 aliphatic heterocycles. The topological polar surface area (TPSA) is 259 Å². The number of hydrogen-bond acceptors (Lipinski definition) is 7. The maximum atomic E-state index is 9.12. The van der Waals surface area contributed by atoms with Gasteiger partial charge < -0.3 is 46.8 Å². The summed E-state index contributed by atoms with van der Waals surface area (Å²) in [5.74, 6) is -0.762. The normalized spacial score (nSPS) is 9.33. The van der Waals surface area contributed by atoms with Crippen molar-refractivity contribution < 1.29 is 55.3 Å². The van der Waals surface area contributed by atoms with Gasteiger partial charge in [-0.2, -0.15) is 0 Å². The highest BCUT2D eigenvalue weighted by atomic mass is 32.3. The summed E-state index contributed by atoms with van der Waals surface area (Å²) in [6, 6.07) is 1.09. The van der Waals surface area contributed by atoms with Crippen LogP contribution in [0.1, 0.15) is 0 Å². The van der Waals surface area contributed by atoms with Crippen molar-refractivity contribution in [1.82, 2.24) is 0 Å². The molecule has 0 saturated heterocycles. The highest BCUT2D eigenvalue weighted by Gasteiger charge is 2.17. The van der Waals surface area contributed by atoms with Gasteiger partial charge in [0, 0.05) is 16.5 Å². The first-order valence-corrected chi connectivity index (χ1v) is 4.96. The number of benzene rings is 1. The Balaban J connectivity index is -0.000000282. The van der Waals surface area contributed by atoms with E-state index in [1.54, 1.807) is 0 Å². The Kier molecular flexibility index (Phi) is 9.14. The third kappa shape index (κ3) is 7.58. The molecular weight excluding hydrogens is 276 g/mol. The third-order valence-electron chi connectivity index (χ3n) is 1.46. The van der Waals surface area contributed by atoms with Crippen LogP contribution in [0.2, 0.25) is 0 Å². The molecule has 0 radical (unpaired) electrons. The number of quaternary nitrogens is 2. The van der Waals surface area contributed by atoms with Crippen LogP contribution in [0, 0.1) is 0 Å². The summed E-state index contributed by atoms with van der Waals surface area (Å²) in [5, 5.41) is 27.1. The molecule has 0 atom stereocenters. The van der Waals surface area contributed by atoms with Gasteiger partial charge in [0.05, 0.1) is 0 Å². The van der Waals surface area contributed by atoms with E-state index in [-0.39, 0.29) is 39.6 Å². The predicted octanol–water partition coefficient (Wildman–Crippen LogP) is -4.44. The van der Waals surface area contributed by atoms with Crippen molar-refractivity contribution in [2.24, 2.45) is 0 Å². The van der Waals surface area contributed by atoms with E-state index >= 15 is 0 Å². The molecule has 18 heavy (non-hydrogen) atoms. The molecule has 0 unspecified atom stereocenters. The summed E-state index contributed by atoms with van der Waals surface area (Å²) in [4.78, 5) is 0. The number of phenols is 3. The van der Waals surface area contributed by atoms with Gasteiger partial charge in [0.25, 0.3) is 0 Å². The molecule has 0 aliphatic carbocycles. The van der Waals surface area contributed by atoms with Gasteiger partial charge in [0.15, 0.2) is 11.5 Å². The molecule has 0 saturated carbocycles. The highest BCUT2D eigenvalue weighted by molar-refractivity contribution is 7.79. The Labute approximate surface area is 101 Å². The van der Waals surface area contributed by atoms with Crippen LogP contribution in [0.4, 0.5) is 11.4 Å². The van der Waals surface area contributed by atoms with Crippen LogP contribution in [0.25, 0.3) is 0 Å². The SMILES string of the molecule is O.O.O=S(=O)([O-])[O-].[NH3+]c1c(O)cc(O)c([NH3+])c1O. The first-order chi connectivity index (χ1) is 7.04. The molecule has 0 heterocycles. The molecule has 12 heteroatoms. The fourth-order valence-electron chi connectivity index (χ4n) is 0.728. The lowest BCUT2D eigenvalue weighted by Gasteiger charge is -2.06. The van der Waals surface area contributed by atoms with Crippen molar-refractivity contribution >= 4 is 21.8 Å². The summed E-state index contributed by atoms with van der Waals surface area (Å²) < 4.78 is 34.1. The van der Waals surface area contributed by atoms with E-state index in [1.807, 2.05) is 0 Å². The van der Waals surface area contributed by atoms with E-state index in [0.29, 0.717) is 0 Å². The number of aromatic hydroxyl groups is 3. The molecular formula is C6H14N2O9S. The van der Waals surface area contributed by atoms with Crippen molar-refractivity contribution in [3.63, 3.8) is 0 Å². The maximum absolute atomic E-state index is 9.12. The van der Waals surface area contributed by atoms with E-state index < -0.39 is 10.4 Å². The van der Waals surface area contributed by atoms with Gasteiger partial charge in [-0.3, -0.25) is 8.42 Å². The zero-order valence-electron chi connectivity index (χ0n) is 8.87. The Morgan fingerprint density at radius 3 is 1.39 bits per heavy atom. The summed E-state index contributed by atoms with van der Waals surface area (Å²) in [5.41, 5.74) is 6.89. The predicted molar refractivity (Wildman–Crippen MR) is 54.2 cm³/mol. The molecule has 0 aliphatic rings. The van der Waals surface area contributed by atoms with Gasteiger partial charge in [-0.15, -0.1) is 0 Å². The van der Waals surface area contributed by atoms with Crippen molar-refractivity contribution in [3.8, 4) is 17.2 Å². The second-order valence-corrected chi connectivity index (χ2v) is 3.45. The summed E-state index contributed by atoms with van der Waals surface area (Å²) in [7, 11) is -5.17. The van der Waals surface area contributed by atoms with E-state index in [0.717, 1.165) is 6.07 Å². The second kappa shape index (κ2) is 7.62. The van der Waals surface area contributed by atoms with Crippen LogP contribution in [-0.4, -0.2) is 43.8 Å². The van der Waals surface area contributed by atoms with Gasteiger partial charge in [-0.1, -0.05) is 0 Å². The molecule has 108 valence electrons. The Morgan fingerprint density at radius 1 is 0.944 bits per heavy atom. The molecule has 0 bridgehead atoms. The molecule has 13 N–H and O–H groups in total. The van der Waals surface area contributed by atoms with Crippen LogP contribution in [0.5, 0.6) is 17.2 Å². The van der Waals surface area contributed by atoms with Crippen LogP contribution >= 0.6 is 0 Å². The molecule has 0 spiro atoms. The average Bonchev–Trinajstić information content (AvgIpc) is 2.09. The first kappa shape index (κ1) is 21.6. The largest absolute Gasteiger partial charge is 0.759 e. The zero-order chi connectivity index (χ0) is 13.1. The standard InChI is InChI=1S/C6H8N2O3.H2O4S.2H2O/c7-4-2(9)1-3(10)5(8)6(4)11;1-5(2,3)4;;/h1,9-11H,7-8H2;(H2,1,2,3,4);2*1H2. The fourth-order valence-corrected chi connectivity index (χ4v) is 0.728. The monoisotopic (exact) mass is 290 g/mol. The Morgan fingerprint density at radius 2 is 1.17 bits per heavy atom. The van der Waals surface area contributed by atoms with Crippen molar-refractivity contribution in [3.05, 3.63) is 6.07 Å². The lowest BCUT2D eigenvalue weighted by molar-refractivity contribution is -0.271. The smallest absolute Gasteiger partial charge is 0.247 e. The molecule has 1 aromatic rings. The van der Waals surface area contributed by atoms with E-state index in [2.05, 4.69) is 11.5 Å². The lowest BCUT2D eigenvalue weighted by atomic mass is 10.2. The Bertz CT molecular complexity index is 452. The summed E-state index contributed by atoms with van der Waals surface area (Å²) >= 11 is 0.